The minimum Gasteiger partial charge on any atom is -0.496 e. The topological polar surface area (TPSA) is 38.5 Å². The average molecular weight is 262 g/mol. The first-order valence-corrected chi connectivity index (χ1v) is 7.07. The molecule has 0 saturated heterocycles. The van der Waals surface area contributed by atoms with Gasteiger partial charge in [0.05, 0.1) is 7.11 Å². The quantitative estimate of drug-likeness (QED) is 0.886. The molecule has 2 N–H and O–H groups in total. The molecule has 1 aliphatic carbocycles. The summed E-state index contributed by atoms with van der Waals surface area (Å²) in [7, 11) is 3.93. The van der Waals surface area contributed by atoms with Gasteiger partial charge in [0, 0.05) is 19.1 Å². The summed E-state index contributed by atoms with van der Waals surface area (Å²) in [6.45, 7) is 6.37. The van der Waals surface area contributed by atoms with Gasteiger partial charge >= 0.3 is 0 Å². The van der Waals surface area contributed by atoms with Crippen LogP contribution in [-0.4, -0.2) is 31.6 Å². The Morgan fingerprint density at radius 2 is 1.84 bits per heavy atom. The van der Waals surface area contributed by atoms with Crippen LogP contribution in [0.15, 0.2) is 12.1 Å². The van der Waals surface area contributed by atoms with Gasteiger partial charge in [-0.1, -0.05) is 12.1 Å². The standard InChI is InChI=1S/C16H26N2O/c1-11-5-13(6-12(2)16(11)19-4)9-18(3)10-14-7-15(17)8-14/h5-6,14-15H,7-10,17H2,1-4H3. The van der Waals surface area contributed by atoms with Crippen LogP contribution in [0.1, 0.15) is 29.5 Å². The van der Waals surface area contributed by atoms with Crippen LogP contribution in [0.25, 0.3) is 0 Å². The van der Waals surface area contributed by atoms with E-state index in [4.69, 9.17) is 10.5 Å². The number of rotatable bonds is 5. The van der Waals surface area contributed by atoms with Gasteiger partial charge in [-0.2, -0.15) is 0 Å². The molecule has 1 saturated carbocycles. The SMILES string of the molecule is COc1c(C)cc(CN(C)CC2CC(N)C2)cc1C. The van der Waals surface area contributed by atoms with E-state index in [0.29, 0.717) is 6.04 Å². The van der Waals surface area contributed by atoms with E-state index in [0.717, 1.165) is 24.8 Å². The summed E-state index contributed by atoms with van der Waals surface area (Å²) in [5.74, 6) is 1.80. The van der Waals surface area contributed by atoms with Crippen LogP contribution in [0, 0.1) is 19.8 Å². The summed E-state index contributed by atoms with van der Waals surface area (Å²) in [6, 6.07) is 4.91. The van der Waals surface area contributed by atoms with E-state index in [2.05, 4.69) is 37.9 Å². The first kappa shape index (κ1) is 14.4. The summed E-state index contributed by atoms with van der Waals surface area (Å²) in [6.07, 6.45) is 2.37. The van der Waals surface area contributed by atoms with Crippen molar-refractivity contribution >= 4 is 0 Å². The Hall–Kier alpha value is -1.06. The lowest BCUT2D eigenvalue weighted by molar-refractivity contribution is 0.178. The molecule has 0 unspecified atom stereocenters. The number of aryl methyl sites for hydroxylation is 2. The fraction of sp³-hybridized carbons (Fsp3) is 0.625. The summed E-state index contributed by atoms with van der Waals surface area (Å²) in [4.78, 5) is 2.40. The van der Waals surface area contributed by atoms with Crippen molar-refractivity contribution in [1.29, 1.82) is 0 Å². The van der Waals surface area contributed by atoms with E-state index in [1.807, 2.05) is 0 Å². The van der Waals surface area contributed by atoms with Crippen LogP contribution in [0.4, 0.5) is 0 Å². The van der Waals surface area contributed by atoms with Gasteiger partial charge in [-0.25, -0.2) is 0 Å². The van der Waals surface area contributed by atoms with Gasteiger partial charge in [0.25, 0.3) is 0 Å². The maximum absolute atomic E-state index is 5.84. The highest BCUT2D eigenvalue weighted by Gasteiger charge is 2.26. The molecule has 0 heterocycles. The zero-order valence-corrected chi connectivity index (χ0v) is 12.6. The van der Waals surface area contributed by atoms with Gasteiger partial charge in [-0.3, -0.25) is 0 Å². The average Bonchev–Trinajstić information content (AvgIpc) is 2.26. The number of ether oxygens (including phenoxy) is 1. The van der Waals surface area contributed by atoms with Crippen molar-refractivity contribution in [1.82, 2.24) is 4.90 Å². The summed E-state index contributed by atoms with van der Waals surface area (Å²) in [5.41, 5.74) is 9.64. The van der Waals surface area contributed by atoms with Crippen LogP contribution in [-0.2, 0) is 6.54 Å². The third-order valence-electron chi connectivity index (χ3n) is 4.02. The molecule has 0 atom stereocenters. The fourth-order valence-electron chi connectivity index (χ4n) is 3.21. The molecule has 106 valence electrons. The predicted molar refractivity (Wildman–Crippen MR) is 79.5 cm³/mol. The van der Waals surface area contributed by atoms with Crippen LogP contribution < -0.4 is 10.5 Å². The smallest absolute Gasteiger partial charge is 0.124 e. The maximum Gasteiger partial charge on any atom is 0.124 e. The van der Waals surface area contributed by atoms with E-state index in [1.54, 1.807) is 7.11 Å². The van der Waals surface area contributed by atoms with E-state index in [9.17, 15) is 0 Å². The number of methoxy groups -OCH3 is 1. The van der Waals surface area contributed by atoms with Gasteiger partial charge in [0.1, 0.15) is 5.75 Å². The highest BCUT2D eigenvalue weighted by atomic mass is 16.5. The fourth-order valence-corrected chi connectivity index (χ4v) is 3.21. The number of nitrogens with zero attached hydrogens (tertiary/aromatic N) is 1. The van der Waals surface area contributed by atoms with E-state index >= 15 is 0 Å². The highest BCUT2D eigenvalue weighted by Crippen LogP contribution is 2.28. The van der Waals surface area contributed by atoms with Crippen molar-refractivity contribution in [2.24, 2.45) is 11.7 Å². The summed E-state index contributed by atoms with van der Waals surface area (Å²) in [5, 5.41) is 0. The molecule has 0 spiro atoms. The molecule has 0 aliphatic heterocycles. The number of nitrogens with two attached hydrogens (primary N) is 1. The van der Waals surface area contributed by atoms with Crippen molar-refractivity contribution in [2.75, 3.05) is 20.7 Å². The lowest BCUT2D eigenvalue weighted by Crippen LogP contribution is -2.41. The molecule has 3 nitrogen and oxygen atoms in total. The number of hydrogen-bond acceptors (Lipinski definition) is 3. The Labute approximate surface area is 116 Å². The van der Waals surface area contributed by atoms with E-state index in [1.165, 1.54) is 29.5 Å². The first-order chi connectivity index (χ1) is 8.99. The molecule has 0 bridgehead atoms. The number of hydrogen-bond donors (Lipinski definition) is 1. The normalized spacial score (nSPS) is 22.4. The second kappa shape index (κ2) is 5.93. The highest BCUT2D eigenvalue weighted by molar-refractivity contribution is 5.43. The molecule has 1 aromatic rings. The number of benzene rings is 1. The molecule has 3 heteroatoms. The molecular formula is C16H26N2O. The minimum atomic E-state index is 0.448. The largest absolute Gasteiger partial charge is 0.496 e. The predicted octanol–water partition coefficient (Wildman–Crippen LogP) is 2.48. The molecular weight excluding hydrogens is 236 g/mol. The molecule has 0 aromatic heterocycles. The Morgan fingerprint density at radius 1 is 1.26 bits per heavy atom. The first-order valence-electron chi connectivity index (χ1n) is 7.07. The Kier molecular flexibility index (Phi) is 4.48. The third-order valence-corrected chi connectivity index (χ3v) is 4.02. The molecule has 1 aromatic carbocycles. The molecule has 2 rings (SSSR count). The van der Waals surface area contributed by atoms with Crippen molar-refractivity contribution in [2.45, 2.75) is 39.3 Å². The van der Waals surface area contributed by atoms with Crippen molar-refractivity contribution in [3.05, 3.63) is 28.8 Å². The van der Waals surface area contributed by atoms with Crippen LogP contribution in [0.2, 0.25) is 0 Å². The Bertz CT molecular complexity index is 415. The lowest BCUT2D eigenvalue weighted by Gasteiger charge is -2.35. The zero-order valence-electron chi connectivity index (χ0n) is 12.6. The van der Waals surface area contributed by atoms with E-state index in [-0.39, 0.29) is 0 Å². The van der Waals surface area contributed by atoms with E-state index < -0.39 is 0 Å². The molecule has 0 amide bonds. The monoisotopic (exact) mass is 262 g/mol. The zero-order chi connectivity index (χ0) is 14.0. The molecule has 1 fully saturated rings. The molecule has 1 aliphatic rings. The van der Waals surface area contributed by atoms with Crippen LogP contribution >= 0.6 is 0 Å². The van der Waals surface area contributed by atoms with Gasteiger partial charge < -0.3 is 15.4 Å². The van der Waals surface area contributed by atoms with Crippen LogP contribution in [0.3, 0.4) is 0 Å². The van der Waals surface area contributed by atoms with Crippen molar-refractivity contribution in [3.8, 4) is 5.75 Å². The van der Waals surface area contributed by atoms with Gasteiger partial charge in [0.15, 0.2) is 0 Å². The summed E-state index contributed by atoms with van der Waals surface area (Å²) < 4.78 is 5.41. The summed E-state index contributed by atoms with van der Waals surface area (Å²) >= 11 is 0. The Balaban J connectivity index is 1.95. The van der Waals surface area contributed by atoms with Crippen molar-refractivity contribution < 1.29 is 4.74 Å². The second-order valence-corrected chi connectivity index (χ2v) is 6.06. The molecule has 19 heavy (non-hydrogen) atoms. The van der Waals surface area contributed by atoms with Gasteiger partial charge in [0.2, 0.25) is 0 Å². The van der Waals surface area contributed by atoms with Crippen LogP contribution in [0.5, 0.6) is 5.75 Å². The second-order valence-electron chi connectivity index (χ2n) is 6.06. The minimum absolute atomic E-state index is 0.448. The van der Waals surface area contributed by atoms with Crippen molar-refractivity contribution in [3.63, 3.8) is 0 Å². The maximum atomic E-state index is 5.84. The third kappa shape index (κ3) is 3.48. The van der Waals surface area contributed by atoms with Gasteiger partial charge in [-0.05, 0) is 56.3 Å². The Morgan fingerprint density at radius 3 is 2.32 bits per heavy atom. The van der Waals surface area contributed by atoms with Gasteiger partial charge in [-0.15, -0.1) is 0 Å². The molecule has 0 radical (unpaired) electrons. The lowest BCUT2D eigenvalue weighted by atomic mass is 9.80.